The lowest BCUT2D eigenvalue weighted by Gasteiger charge is -2.28. The molecule has 1 N–H and O–H groups in total. The standard InChI is InChI=1S/C13H24N2OS/c1-8(2)12-13(16)15(9(3)14-12)10-5-6-11(7-10)17-4/h8-12,14H,5-7H2,1-4H3. The summed E-state index contributed by atoms with van der Waals surface area (Å²) in [6, 6.07) is 0.490. The topological polar surface area (TPSA) is 32.3 Å². The fraction of sp³-hybridized carbons (Fsp3) is 0.923. The predicted molar refractivity (Wildman–Crippen MR) is 73.0 cm³/mol. The first kappa shape index (κ1) is 13.2. The Labute approximate surface area is 109 Å². The highest BCUT2D eigenvalue weighted by atomic mass is 32.2. The van der Waals surface area contributed by atoms with Gasteiger partial charge in [0.15, 0.2) is 0 Å². The first-order valence-electron chi connectivity index (χ1n) is 6.65. The summed E-state index contributed by atoms with van der Waals surface area (Å²) in [4.78, 5) is 14.5. The molecular formula is C13H24N2OS. The number of thioether (sulfide) groups is 1. The molecule has 1 aliphatic heterocycles. The number of hydrogen-bond acceptors (Lipinski definition) is 3. The molecule has 98 valence electrons. The van der Waals surface area contributed by atoms with E-state index < -0.39 is 0 Å². The Balaban J connectivity index is 2.04. The van der Waals surface area contributed by atoms with E-state index in [9.17, 15) is 4.79 Å². The molecule has 0 aromatic heterocycles. The van der Waals surface area contributed by atoms with Crippen LogP contribution in [0.5, 0.6) is 0 Å². The third-order valence-electron chi connectivity index (χ3n) is 4.11. The van der Waals surface area contributed by atoms with Crippen LogP contribution in [0.25, 0.3) is 0 Å². The van der Waals surface area contributed by atoms with Crippen molar-refractivity contribution in [2.24, 2.45) is 5.92 Å². The number of amides is 1. The summed E-state index contributed by atoms with van der Waals surface area (Å²) in [7, 11) is 0. The molecule has 1 amide bonds. The van der Waals surface area contributed by atoms with Gasteiger partial charge in [0.05, 0.1) is 12.2 Å². The molecule has 17 heavy (non-hydrogen) atoms. The first-order valence-corrected chi connectivity index (χ1v) is 7.94. The van der Waals surface area contributed by atoms with Crippen molar-refractivity contribution in [2.45, 2.75) is 63.5 Å². The van der Waals surface area contributed by atoms with Crippen LogP contribution in [0, 0.1) is 5.92 Å². The number of carbonyl (C=O) groups is 1. The highest BCUT2D eigenvalue weighted by Crippen LogP contribution is 2.34. The van der Waals surface area contributed by atoms with E-state index in [2.05, 4.69) is 37.2 Å². The molecule has 0 aromatic rings. The van der Waals surface area contributed by atoms with Crippen LogP contribution < -0.4 is 5.32 Å². The van der Waals surface area contributed by atoms with Gasteiger partial charge in [-0.15, -0.1) is 0 Å². The summed E-state index contributed by atoms with van der Waals surface area (Å²) in [6.07, 6.45) is 5.99. The smallest absolute Gasteiger partial charge is 0.241 e. The minimum Gasteiger partial charge on any atom is -0.323 e. The third-order valence-corrected chi connectivity index (χ3v) is 5.20. The van der Waals surface area contributed by atoms with E-state index in [0.717, 1.165) is 5.25 Å². The second kappa shape index (κ2) is 5.19. The molecule has 0 bridgehead atoms. The van der Waals surface area contributed by atoms with Gasteiger partial charge in [0, 0.05) is 11.3 Å². The Morgan fingerprint density at radius 1 is 1.41 bits per heavy atom. The summed E-state index contributed by atoms with van der Waals surface area (Å²) in [5.41, 5.74) is 0. The van der Waals surface area contributed by atoms with E-state index in [1.165, 1.54) is 19.3 Å². The van der Waals surface area contributed by atoms with Crippen LogP contribution in [-0.2, 0) is 4.79 Å². The second-order valence-corrected chi connectivity index (χ2v) is 6.77. The quantitative estimate of drug-likeness (QED) is 0.839. The van der Waals surface area contributed by atoms with Crippen molar-refractivity contribution >= 4 is 17.7 Å². The van der Waals surface area contributed by atoms with Gasteiger partial charge >= 0.3 is 0 Å². The van der Waals surface area contributed by atoms with Gasteiger partial charge in [0.1, 0.15) is 0 Å². The van der Waals surface area contributed by atoms with Gasteiger partial charge in [0.2, 0.25) is 5.91 Å². The summed E-state index contributed by atoms with van der Waals surface area (Å²) >= 11 is 1.95. The van der Waals surface area contributed by atoms with E-state index in [-0.39, 0.29) is 12.2 Å². The maximum Gasteiger partial charge on any atom is 0.241 e. The number of nitrogens with one attached hydrogen (secondary N) is 1. The maximum atomic E-state index is 12.4. The number of hydrogen-bond donors (Lipinski definition) is 1. The molecular weight excluding hydrogens is 232 g/mol. The summed E-state index contributed by atoms with van der Waals surface area (Å²) in [6.45, 7) is 6.35. The van der Waals surface area contributed by atoms with Crippen LogP contribution in [0.2, 0.25) is 0 Å². The third kappa shape index (κ3) is 2.48. The minimum atomic E-state index is 0.0262. The van der Waals surface area contributed by atoms with Gasteiger partial charge < -0.3 is 4.90 Å². The zero-order valence-corrected chi connectivity index (χ0v) is 12.1. The monoisotopic (exact) mass is 256 g/mol. The molecule has 0 spiro atoms. The van der Waals surface area contributed by atoms with Crippen molar-refractivity contribution in [2.75, 3.05) is 6.26 Å². The SMILES string of the molecule is CSC1CCC(N2C(=O)C(C(C)C)NC2C)C1. The van der Waals surface area contributed by atoms with Crippen LogP contribution in [0.15, 0.2) is 0 Å². The van der Waals surface area contributed by atoms with Crippen molar-refractivity contribution in [1.29, 1.82) is 0 Å². The van der Waals surface area contributed by atoms with Gasteiger partial charge in [-0.1, -0.05) is 13.8 Å². The van der Waals surface area contributed by atoms with Gasteiger partial charge in [-0.2, -0.15) is 11.8 Å². The Morgan fingerprint density at radius 2 is 2.12 bits per heavy atom. The molecule has 1 saturated carbocycles. The average molecular weight is 256 g/mol. The zero-order chi connectivity index (χ0) is 12.6. The molecule has 1 heterocycles. The Morgan fingerprint density at radius 3 is 2.59 bits per heavy atom. The molecule has 2 fully saturated rings. The molecule has 0 radical (unpaired) electrons. The lowest BCUT2D eigenvalue weighted by atomic mass is 10.0. The summed E-state index contributed by atoms with van der Waals surface area (Å²) < 4.78 is 0. The molecule has 1 aliphatic carbocycles. The van der Waals surface area contributed by atoms with Gasteiger partial charge in [0.25, 0.3) is 0 Å². The van der Waals surface area contributed by atoms with Crippen LogP contribution in [0.3, 0.4) is 0 Å². The predicted octanol–water partition coefficient (Wildman–Crippen LogP) is 2.07. The maximum absolute atomic E-state index is 12.4. The average Bonchev–Trinajstić information content (AvgIpc) is 2.83. The highest BCUT2D eigenvalue weighted by molar-refractivity contribution is 7.99. The molecule has 4 heteroatoms. The van der Waals surface area contributed by atoms with E-state index in [1.54, 1.807) is 0 Å². The van der Waals surface area contributed by atoms with E-state index in [1.807, 2.05) is 11.8 Å². The lowest BCUT2D eigenvalue weighted by Crippen LogP contribution is -2.42. The summed E-state index contributed by atoms with van der Waals surface area (Å²) in [5.74, 6) is 0.701. The fourth-order valence-electron chi connectivity index (χ4n) is 3.12. The first-order chi connectivity index (χ1) is 8.04. The molecule has 4 unspecified atom stereocenters. The van der Waals surface area contributed by atoms with Crippen molar-refractivity contribution in [3.05, 3.63) is 0 Å². The molecule has 0 aromatic carbocycles. The second-order valence-electron chi connectivity index (χ2n) is 5.63. The van der Waals surface area contributed by atoms with Crippen LogP contribution in [0.1, 0.15) is 40.0 Å². The minimum absolute atomic E-state index is 0.0262. The Kier molecular flexibility index (Phi) is 4.03. The van der Waals surface area contributed by atoms with Crippen molar-refractivity contribution in [3.63, 3.8) is 0 Å². The number of carbonyl (C=O) groups excluding carboxylic acids is 1. The lowest BCUT2D eigenvalue weighted by molar-refractivity contribution is -0.132. The molecule has 2 rings (SSSR count). The normalized spacial score (nSPS) is 38.4. The van der Waals surface area contributed by atoms with Gasteiger partial charge in [-0.05, 0) is 38.4 Å². The Bertz CT molecular complexity index is 295. The number of nitrogens with zero attached hydrogens (tertiary/aromatic N) is 1. The fourth-order valence-corrected chi connectivity index (χ4v) is 3.91. The summed E-state index contributed by atoms with van der Waals surface area (Å²) in [5, 5.41) is 4.18. The van der Waals surface area contributed by atoms with Crippen LogP contribution in [0.4, 0.5) is 0 Å². The largest absolute Gasteiger partial charge is 0.323 e. The van der Waals surface area contributed by atoms with Crippen molar-refractivity contribution in [3.8, 4) is 0 Å². The van der Waals surface area contributed by atoms with Gasteiger partial charge in [-0.3, -0.25) is 10.1 Å². The number of rotatable bonds is 3. The zero-order valence-electron chi connectivity index (χ0n) is 11.3. The molecule has 1 saturated heterocycles. The highest BCUT2D eigenvalue weighted by Gasteiger charge is 2.43. The van der Waals surface area contributed by atoms with Crippen LogP contribution in [-0.4, -0.2) is 40.6 Å². The van der Waals surface area contributed by atoms with E-state index >= 15 is 0 Å². The Hall–Kier alpha value is -0.220. The van der Waals surface area contributed by atoms with Crippen molar-refractivity contribution in [1.82, 2.24) is 10.2 Å². The van der Waals surface area contributed by atoms with Crippen molar-refractivity contribution < 1.29 is 4.79 Å². The van der Waals surface area contributed by atoms with Gasteiger partial charge in [-0.25, -0.2) is 0 Å². The molecule has 3 nitrogen and oxygen atoms in total. The molecule has 4 atom stereocenters. The van der Waals surface area contributed by atoms with E-state index in [0.29, 0.717) is 17.9 Å². The van der Waals surface area contributed by atoms with Crippen LogP contribution >= 0.6 is 11.8 Å². The van der Waals surface area contributed by atoms with E-state index in [4.69, 9.17) is 0 Å². The molecule has 2 aliphatic rings.